The molecule has 0 unspecified atom stereocenters. The lowest BCUT2D eigenvalue weighted by Gasteiger charge is -2.21. The van der Waals surface area contributed by atoms with Crippen LogP contribution in [0.1, 0.15) is 13.8 Å². The Labute approximate surface area is 100 Å². The zero-order valence-electron chi connectivity index (χ0n) is 10.1. The average Bonchev–Trinajstić information content (AvgIpc) is 2.76. The summed E-state index contributed by atoms with van der Waals surface area (Å²) >= 11 is 0. The van der Waals surface area contributed by atoms with E-state index < -0.39 is 5.41 Å². The van der Waals surface area contributed by atoms with Gasteiger partial charge in [-0.05, 0) is 38.1 Å². The minimum Gasteiger partial charge on any atom is -0.361 e. The Morgan fingerprint density at radius 3 is 2.88 bits per heavy atom. The summed E-state index contributed by atoms with van der Waals surface area (Å²) in [7, 11) is 0. The monoisotopic (exact) mass is 231 g/mol. The number of nitrogens with two attached hydrogens (primary N) is 1. The van der Waals surface area contributed by atoms with Gasteiger partial charge in [0.15, 0.2) is 0 Å². The van der Waals surface area contributed by atoms with Crippen LogP contribution in [0.25, 0.3) is 10.9 Å². The molecule has 0 aliphatic heterocycles. The maximum absolute atomic E-state index is 11.9. The molecule has 17 heavy (non-hydrogen) atoms. The van der Waals surface area contributed by atoms with Gasteiger partial charge in [0.25, 0.3) is 0 Å². The molecule has 2 rings (SSSR count). The Bertz CT molecular complexity index is 542. The molecule has 4 heteroatoms. The zero-order chi connectivity index (χ0) is 12.5. The normalized spacial score (nSPS) is 11.7. The smallest absolute Gasteiger partial charge is 0.231 e. The fraction of sp³-hybridized carbons (Fsp3) is 0.308. The topological polar surface area (TPSA) is 70.9 Å². The van der Waals surface area contributed by atoms with Gasteiger partial charge in [-0.3, -0.25) is 4.79 Å². The van der Waals surface area contributed by atoms with Gasteiger partial charge < -0.3 is 16.0 Å². The highest BCUT2D eigenvalue weighted by atomic mass is 16.2. The molecule has 0 bridgehead atoms. The summed E-state index contributed by atoms with van der Waals surface area (Å²) < 4.78 is 0. The minimum absolute atomic E-state index is 0.0603. The summed E-state index contributed by atoms with van der Waals surface area (Å²) in [5.41, 5.74) is 6.87. The van der Waals surface area contributed by atoms with Crippen molar-refractivity contribution in [3.8, 4) is 0 Å². The number of anilines is 1. The van der Waals surface area contributed by atoms with E-state index in [-0.39, 0.29) is 5.91 Å². The second kappa shape index (κ2) is 4.22. The highest BCUT2D eigenvalue weighted by molar-refractivity contribution is 5.96. The second-order valence-electron chi connectivity index (χ2n) is 4.82. The number of carbonyl (C=O) groups is 1. The number of fused-ring (bicyclic) bond motifs is 1. The number of benzene rings is 1. The molecule has 0 radical (unpaired) electrons. The van der Waals surface area contributed by atoms with E-state index in [2.05, 4.69) is 10.3 Å². The van der Waals surface area contributed by atoms with Crippen LogP contribution < -0.4 is 11.1 Å². The lowest BCUT2D eigenvalue weighted by atomic mass is 9.92. The molecule has 1 aromatic carbocycles. The van der Waals surface area contributed by atoms with Crippen LogP contribution >= 0.6 is 0 Å². The average molecular weight is 231 g/mol. The number of aromatic nitrogens is 1. The predicted octanol–water partition coefficient (Wildman–Crippen LogP) is 2.09. The lowest BCUT2D eigenvalue weighted by Crippen LogP contribution is -2.37. The summed E-state index contributed by atoms with van der Waals surface area (Å²) in [4.78, 5) is 15.0. The molecule has 0 saturated heterocycles. The Morgan fingerprint density at radius 2 is 2.18 bits per heavy atom. The van der Waals surface area contributed by atoms with Gasteiger partial charge in [-0.1, -0.05) is 0 Å². The first-order valence-electron chi connectivity index (χ1n) is 5.61. The van der Waals surface area contributed by atoms with Crippen molar-refractivity contribution >= 4 is 22.5 Å². The van der Waals surface area contributed by atoms with Gasteiger partial charge in [0, 0.05) is 29.3 Å². The number of nitrogens with one attached hydrogen (secondary N) is 2. The highest BCUT2D eigenvalue weighted by Crippen LogP contribution is 2.21. The molecule has 90 valence electrons. The van der Waals surface area contributed by atoms with Crippen LogP contribution in [0, 0.1) is 5.41 Å². The Morgan fingerprint density at radius 1 is 1.41 bits per heavy atom. The Kier molecular flexibility index (Phi) is 2.90. The Hall–Kier alpha value is -1.81. The molecule has 0 spiro atoms. The molecule has 0 aliphatic carbocycles. The summed E-state index contributed by atoms with van der Waals surface area (Å²) in [6.45, 7) is 3.99. The molecule has 4 N–H and O–H groups in total. The van der Waals surface area contributed by atoms with Crippen molar-refractivity contribution in [2.45, 2.75) is 13.8 Å². The number of carbonyl (C=O) groups excluding carboxylic acids is 1. The molecule has 0 fully saturated rings. The summed E-state index contributed by atoms with van der Waals surface area (Å²) in [5, 5.41) is 3.96. The second-order valence-corrected chi connectivity index (χ2v) is 4.82. The van der Waals surface area contributed by atoms with E-state index in [1.807, 2.05) is 44.3 Å². The summed E-state index contributed by atoms with van der Waals surface area (Å²) in [5.74, 6) is -0.0603. The Balaban J connectivity index is 2.21. The SMILES string of the molecule is CC(C)(CN)C(=O)Nc1ccc2[nH]ccc2c1. The number of amides is 1. The number of hydrogen-bond donors (Lipinski definition) is 3. The number of hydrogen-bond acceptors (Lipinski definition) is 2. The predicted molar refractivity (Wildman–Crippen MR) is 69.8 cm³/mol. The zero-order valence-corrected chi connectivity index (χ0v) is 10.1. The van der Waals surface area contributed by atoms with Gasteiger partial charge in [0.05, 0.1) is 5.41 Å². The van der Waals surface area contributed by atoms with E-state index in [9.17, 15) is 4.79 Å². The molecule has 4 nitrogen and oxygen atoms in total. The molecule has 1 amide bonds. The molecule has 1 heterocycles. The molecule has 0 saturated carbocycles. The quantitative estimate of drug-likeness (QED) is 0.757. The van der Waals surface area contributed by atoms with Gasteiger partial charge in [-0.2, -0.15) is 0 Å². The first kappa shape index (κ1) is 11.7. The summed E-state index contributed by atoms with van der Waals surface area (Å²) in [6.07, 6.45) is 1.88. The molecule has 0 aliphatic rings. The third kappa shape index (κ3) is 2.31. The van der Waals surface area contributed by atoms with E-state index in [1.165, 1.54) is 0 Å². The molecule has 0 atom stereocenters. The molecule has 1 aromatic heterocycles. The van der Waals surface area contributed by atoms with Crippen LogP contribution in [0.15, 0.2) is 30.5 Å². The van der Waals surface area contributed by atoms with Crippen LogP contribution in [-0.4, -0.2) is 17.4 Å². The molecular weight excluding hydrogens is 214 g/mol. The third-order valence-electron chi connectivity index (χ3n) is 2.94. The van der Waals surface area contributed by atoms with E-state index >= 15 is 0 Å². The maximum atomic E-state index is 11.9. The molecular formula is C13H17N3O. The number of rotatable bonds is 3. The first-order chi connectivity index (χ1) is 8.03. The summed E-state index contributed by atoms with van der Waals surface area (Å²) in [6, 6.07) is 7.74. The largest absolute Gasteiger partial charge is 0.361 e. The fourth-order valence-electron chi connectivity index (χ4n) is 1.52. The minimum atomic E-state index is -0.549. The van der Waals surface area contributed by atoms with Gasteiger partial charge in [0.1, 0.15) is 0 Å². The van der Waals surface area contributed by atoms with Crippen molar-refractivity contribution in [2.75, 3.05) is 11.9 Å². The lowest BCUT2D eigenvalue weighted by molar-refractivity contribution is -0.123. The standard InChI is InChI=1S/C13H17N3O/c1-13(2,8-14)12(17)16-10-3-4-11-9(7-10)5-6-15-11/h3-7,15H,8,14H2,1-2H3,(H,16,17). The van der Waals surface area contributed by atoms with E-state index in [4.69, 9.17) is 5.73 Å². The van der Waals surface area contributed by atoms with Crippen molar-refractivity contribution in [1.82, 2.24) is 4.98 Å². The van der Waals surface area contributed by atoms with Gasteiger partial charge >= 0.3 is 0 Å². The van der Waals surface area contributed by atoms with E-state index in [0.29, 0.717) is 6.54 Å². The fourth-order valence-corrected chi connectivity index (χ4v) is 1.52. The van der Waals surface area contributed by atoms with Crippen molar-refractivity contribution < 1.29 is 4.79 Å². The van der Waals surface area contributed by atoms with Crippen molar-refractivity contribution in [3.63, 3.8) is 0 Å². The van der Waals surface area contributed by atoms with Crippen LogP contribution in [0.4, 0.5) is 5.69 Å². The highest BCUT2D eigenvalue weighted by Gasteiger charge is 2.25. The van der Waals surface area contributed by atoms with E-state index in [1.54, 1.807) is 0 Å². The van der Waals surface area contributed by atoms with Gasteiger partial charge in [-0.15, -0.1) is 0 Å². The molecule has 2 aromatic rings. The number of H-pyrrole nitrogens is 1. The van der Waals surface area contributed by atoms with Crippen LogP contribution in [0.2, 0.25) is 0 Å². The van der Waals surface area contributed by atoms with Crippen LogP contribution in [0.5, 0.6) is 0 Å². The van der Waals surface area contributed by atoms with Crippen molar-refractivity contribution in [2.24, 2.45) is 11.1 Å². The van der Waals surface area contributed by atoms with Crippen LogP contribution in [0.3, 0.4) is 0 Å². The van der Waals surface area contributed by atoms with Gasteiger partial charge in [0.2, 0.25) is 5.91 Å². The van der Waals surface area contributed by atoms with Crippen molar-refractivity contribution in [1.29, 1.82) is 0 Å². The van der Waals surface area contributed by atoms with Gasteiger partial charge in [-0.25, -0.2) is 0 Å². The van der Waals surface area contributed by atoms with Crippen LogP contribution in [-0.2, 0) is 4.79 Å². The maximum Gasteiger partial charge on any atom is 0.231 e. The van der Waals surface area contributed by atoms with E-state index in [0.717, 1.165) is 16.6 Å². The van der Waals surface area contributed by atoms with Crippen molar-refractivity contribution in [3.05, 3.63) is 30.5 Å². The third-order valence-corrected chi connectivity index (χ3v) is 2.94. The first-order valence-corrected chi connectivity index (χ1v) is 5.61. The number of aromatic amines is 1.